The van der Waals surface area contributed by atoms with Crippen LogP contribution in [0.4, 0.5) is 0 Å². The maximum Gasteiger partial charge on any atom is 0.234 e. The van der Waals surface area contributed by atoms with Crippen LogP contribution < -0.4 is 0 Å². The third kappa shape index (κ3) is 3.05. The van der Waals surface area contributed by atoms with E-state index in [1.165, 1.54) is 83.6 Å². The van der Waals surface area contributed by atoms with Gasteiger partial charge in [-0.05, 0) is 118 Å². The average Bonchev–Trinajstić information content (AvgIpc) is 3.65. The lowest BCUT2D eigenvalue weighted by molar-refractivity contribution is -0.258. The Hall–Kier alpha value is -0.165. The Kier molecular flexibility index (Phi) is 5.49. The largest absolute Gasteiger partial charge is 0.338 e. The highest BCUT2D eigenvalue weighted by atomic mass is 32.2. The molecule has 0 amide bonds. The van der Waals surface area contributed by atoms with Crippen molar-refractivity contribution < 1.29 is 0 Å². The molecule has 16 unspecified atom stereocenters. The average molecular weight is 573 g/mol. The van der Waals surface area contributed by atoms with Crippen molar-refractivity contribution >= 4 is 18.6 Å². The van der Waals surface area contributed by atoms with E-state index >= 15 is 0 Å². The number of rotatable bonds is 1. The van der Waals surface area contributed by atoms with Crippen LogP contribution in [0.2, 0.25) is 11.6 Å². The minimum atomic E-state index is 0.764. The Morgan fingerprint density at radius 3 is 2.27 bits per heavy atom. The number of piperazine rings is 1. The molecule has 6 heteroatoms. The summed E-state index contributed by atoms with van der Waals surface area (Å²) in [6.07, 6.45) is 30.5. The van der Waals surface area contributed by atoms with E-state index in [1.807, 2.05) is 0 Å². The molecule has 6 heterocycles. The monoisotopic (exact) mass is 572 g/mol. The summed E-state index contributed by atoms with van der Waals surface area (Å²) in [4.78, 5) is 6.73. The van der Waals surface area contributed by atoms with Gasteiger partial charge in [0.1, 0.15) is 0 Å². The number of nitrogens with zero attached hydrogens (tertiary/aromatic N) is 4. The van der Waals surface area contributed by atoms with Crippen molar-refractivity contribution in [2.45, 2.75) is 155 Å². The lowest BCUT2D eigenvalue weighted by Gasteiger charge is -2.75. The first-order valence-corrected chi connectivity index (χ1v) is 19.9. The zero-order chi connectivity index (χ0) is 26.6. The van der Waals surface area contributed by atoms with Gasteiger partial charge in [-0.3, -0.25) is 4.90 Å². The molecule has 5 saturated carbocycles. The molecule has 5 saturated heterocycles. The molecule has 0 aromatic heterocycles. The number of thioether (sulfide) groups is 1. The lowest BCUT2D eigenvalue weighted by atomic mass is 9.27. The van der Waals surface area contributed by atoms with E-state index in [1.54, 1.807) is 19.3 Å². The van der Waals surface area contributed by atoms with Crippen LogP contribution in [0.15, 0.2) is 12.3 Å². The molecule has 4 nitrogen and oxygen atoms in total. The van der Waals surface area contributed by atoms with Crippen LogP contribution in [-0.2, 0) is 0 Å². The summed E-state index contributed by atoms with van der Waals surface area (Å²) in [5, 5.41) is 7.03. The predicted molar refractivity (Wildman–Crippen MR) is 169 cm³/mol. The van der Waals surface area contributed by atoms with Gasteiger partial charge >= 0.3 is 0 Å². The van der Waals surface area contributed by atoms with E-state index in [-0.39, 0.29) is 0 Å². The molecule has 10 fully saturated rings. The fourth-order valence-corrected chi connectivity index (χ4v) is 16.7. The van der Waals surface area contributed by atoms with Crippen LogP contribution in [-0.4, -0.2) is 86.9 Å². The van der Waals surface area contributed by atoms with Crippen molar-refractivity contribution in [2.24, 2.45) is 35.5 Å². The summed E-state index contributed by atoms with van der Waals surface area (Å²) in [6.45, 7) is 2.33. The molecule has 222 valence electrons. The van der Waals surface area contributed by atoms with Crippen molar-refractivity contribution in [2.75, 3.05) is 12.8 Å². The second kappa shape index (κ2) is 8.97. The summed E-state index contributed by atoms with van der Waals surface area (Å²) < 4.78 is 0. The predicted octanol–water partition coefficient (Wildman–Crippen LogP) is 6.37. The van der Waals surface area contributed by atoms with E-state index < -0.39 is 0 Å². The molecule has 41 heavy (non-hydrogen) atoms. The zero-order valence-electron chi connectivity index (χ0n) is 25.5. The molecule has 0 spiro atoms. The Labute approximate surface area is 253 Å². The first-order valence-electron chi connectivity index (χ1n) is 18.6. The summed E-state index contributed by atoms with van der Waals surface area (Å²) in [7, 11) is 0. The fraction of sp³-hybridized carbons (Fsp3) is 0.943. The van der Waals surface area contributed by atoms with Gasteiger partial charge in [-0.2, -0.15) is 11.8 Å². The van der Waals surface area contributed by atoms with Gasteiger partial charge in [0.15, 0.2) is 0 Å². The van der Waals surface area contributed by atoms with E-state index in [4.69, 9.17) is 0 Å². The maximum absolute atomic E-state index is 3.44. The third-order valence-corrected chi connectivity index (χ3v) is 17.5. The maximum atomic E-state index is 3.44. The molecule has 5 aliphatic carbocycles. The van der Waals surface area contributed by atoms with E-state index in [0.717, 1.165) is 102 Å². The van der Waals surface area contributed by atoms with Crippen molar-refractivity contribution in [3.05, 3.63) is 12.3 Å². The molecule has 0 aromatic carbocycles. The van der Waals surface area contributed by atoms with Crippen LogP contribution >= 0.6 is 11.8 Å². The minimum absolute atomic E-state index is 0.764. The first kappa shape index (κ1) is 25.1. The zero-order valence-corrected chi connectivity index (χ0v) is 26.3. The minimum Gasteiger partial charge on any atom is -0.338 e. The van der Waals surface area contributed by atoms with Gasteiger partial charge in [0, 0.05) is 53.6 Å². The number of hydrogen-bond donors (Lipinski definition) is 0. The topological polar surface area (TPSA) is 13.0 Å². The highest BCUT2D eigenvalue weighted by Gasteiger charge is 2.72. The van der Waals surface area contributed by atoms with Crippen molar-refractivity contribution in [1.82, 2.24) is 19.7 Å². The first-order chi connectivity index (χ1) is 20.3. The summed E-state index contributed by atoms with van der Waals surface area (Å²) in [5.74, 6) is 7.73. The quantitative estimate of drug-likeness (QED) is 0.338. The standard InChI is InChI=1S/C35H53BN4S/c1-41-29-15-14-28-35-31(29)36-30-22(23-9-2-6-20-16-18-37(36)32(20)23)8-4-12-26(30)39(35)27-13-5-11-25-24-10-3-7-21-17-19-38(33(21)24)40(28)34(25)27/h17,19-35H,2-16,18H2,1H3. The van der Waals surface area contributed by atoms with Crippen molar-refractivity contribution in [3.63, 3.8) is 0 Å². The molecule has 6 aliphatic heterocycles. The summed E-state index contributed by atoms with van der Waals surface area (Å²) in [5.41, 5.74) is 0. The number of hydrogen-bond acceptors (Lipinski definition) is 5. The Morgan fingerprint density at radius 1 is 0.634 bits per heavy atom. The number of fused-ring (bicyclic) bond motifs is 8. The fourth-order valence-electron chi connectivity index (χ4n) is 15.7. The Morgan fingerprint density at radius 2 is 1.39 bits per heavy atom. The molecule has 11 rings (SSSR count). The SMILES string of the molecule is CSC1CCC2C3C1B1C4C(CCCC4N3C3CCCC4C5CCCC6C=CN(C65)N2C43)C2CCCC3CCN1C32. The molecule has 0 radical (unpaired) electrons. The molecular weight excluding hydrogens is 519 g/mol. The molecule has 11 aliphatic rings. The van der Waals surface area contributed by atoms with Crippen LogP contribution in [0.1, 0.15) is 96.3 Å². The smallest absolute Gasteiger partial charge is 0.234 e. The third-order valence-electron chi connectivity index (χ3n) is 16.3. The van der Waals surface area contributed by atoms with Gasteiger partial charge in [0.2, 0.25) is 6.85 Å². The summed E-state index contributed by atoms with van der Waals surface area (Å²) in [6, 6.07) is 5.85. The van der Waals surface area contributed by atoms with Crippen LogP contribution in [0.3, 0.4) is 0 Å². The van der Waals surface area contributed by atoms with E-state index in [9.17, 15) is 0 Å². The van der Waals surface area contributed by atoms with E-state index in [0.29, 0.717) is 0 Å². The Balaban J connectivity index is 1.08. The van der Waals surface area contributed by atoms with Gasteiger partial charge in [0.25, 0.3) is 0 Å². The van der Waals surface area contributed by atoms with Crippen LogP contribution in [0, 0.1) is 35.5 Å². The van der Waals surface area contributed by atoms with Gasteiger partial charge < -0.3 is 9.82 Å². The highest BCUT2D eigenvalue weighted by molar-refractivity contribution is 7.99. The van der Waals surface area contributed by atoms with Crippen molar-refractivity contribution in [3.8, 4) is 0 Å². The summed E-state index contributed by atoms with van der Waals surface area (Å²) >= 11 is 2.30. The van der Waals surface area contributed by atoms with E-state index in [2.05, 4.69) is 50.0 Å². The molecule has 0 N–H and O–H groups in total. The van der Waals surface area contributed by atoms with Gasteiger partial charge in [-0.15, -0.1) is 0 Å². The molecule has 0 aromatic rings. The molecule has 0 bridgehead atoms. The molecule has 16 atom stereocenters. The Bertz CT molecular complexity index is 1120. The second-order valence-electron chi connectivity index (χ2n) is 17.0. The van der Waals surface area contributed by atoms with Crippen LogP contribution in [0.5, 0.6) is 0 Å². The van der Waals surface area contributed by atoms with Crippen LogP contribution in [0.25, 0.3) is 0 Å². The van der Waals surface area contributed by atoms with Gasteiger partial charge in [-0.1, -0.05) is 38.2 Å². The second-order valence-corrected chi connectivity index (χ2v) is 18.1. The highest BCUT2D eigenvalue weighted by Crippen LogP contribution is 2.66. The molecular formula is C35H53BN4S. The number of hydrazine groups is 1. The van der Waals surface area contributed by atoms with Gasteiger partial charge in [-0.25, -0.2) is 5.01 Å². The van der Waals surface area contributed by atoms with Gasteiger partial charge in [0.05, 0.1) is 6.04 Å². The lowest BCUT2D eigenvalue weighted by Crippen LogP contribution is -2.85. The van der Waals surface area contributed by atoms with Crippen molar-refractivity contribution in [1.29, 1.82) is 0 Å². The normalized spacial score (nSPS) is 58.4.